The molecule has 1 aromatic heterocycles. The first-order chi connectivity index (χ1) is 10.0. The normalized spacial score (nSPS) is 10.2. The van der Waals surface area contributed by atoms with Gasteiger partial charge in [-0.25, -0.2) is 9.78 Å². The number of aromatic nitrogens is 1. The fourth-order valence-electron chi connectivity index (χ4n) is 1.70. The summed E-state index contributed by atoms with van der Waals surface area (Å²) in [5.74, 6) is -0.702. The van der Waals surface area contributed by atoms with Crippen molar-refractivity contribution in [3.8, 4) is 0 Å². The molecular formula is C14H13ClN2O3S. The minimum absolute atomic E-state index is 0.216. The number of nitrogens with zero attached hydrogens (tertiary/aromatic N) is 1. The van der Waals surface area contributed by atoms with Crippen LogP contribution in [-0.4, -0.2) is 24.0 Å². The van der Waals surface area contributed by atoms with Crippen molar-refractivity contribution >= 4 is 40.5 Å². The molecule has 0 saturated carbocycles. The van der Waals surface area contributed by atoms with Crippen LogP contribution in [0.3, 0.4) is 0 Å². The van der Waals surface area contributed by atoms with Gasteiger partial charge in [-0.15, -0.1) is 11.3 Å². The lowest BCUT2D eigenvalue weighted by molar-refractivity contribution is -0.115. The number of ether oxygens (including phenoxy) is 1. The molecule has 1 aromatic carbocycles. The van der Waals surface area contributed by atoms with Gasteiger partial charge in [0, 0.05) is 4.88 Å². The van der Waals surface area contributed by atoms with Crippen LogP contribution in [0.15, 0.2) is 23.7 Å². The Hall–Kier alpha value is -1.92. The van der Waals surface area contributed by atoms with Gasteiger partial charge in [-0.1, -0.05) is 11.6 Å². The third-order valence-electron chi connectivity index (χ3n) is 2.83. The van der Waals surface area contributed by atoms with Gasteiger partial charge in [-0.05, 0) is 25.1 Å². The summed E-state index contributed by atoms with van der Waals surface area (Å²) in [6.07, 6.45) is 0.218. The molecule has 0 radical (unpaired) electrons. The Morgan fingerprint density at radius 3 is 2.81 bits per heavy atom. The first-order valence-corrected chi connectivity index (χ1v) is 7.33. The molecule has 110 valence electrons. The molecule has 1 amide bonds. The third-order valence-corrected chi connectivity index (χ3v) is 4.09. The highest BCUT2D eigenvalue weighted by Gasteiger charge is 2.13. The van der Waals surface area contributed by atoms with Gasteiger partial charge in [0.15, 0.2) is 0 Å². The fourth-order valence-corrected chi connectivity index (χ4v) is 2.64. The SMILES string of the molecule is COC(=O)c1ccc(Cl)c(NC(=O)Cc2scnc2C)c1. The molecule has 0 unspecified atom stereocenters. The summed E-state index contributed by atoms with van der Waals surface area (Å²) in [6.45, 7) is 1.85. The van der Waals surface area contributed by atoms with Crippen molar-refractivity contribution in [3.63, 3.8) is 0 Å². The van der Waals surface area contributed by atoms with E-state index in [1.807, 2.05) is 6.92 Å². The van der Waals surface area contributed by atoms with Crippen molar-refractivity contribution in [3.05, 3.63) is 44.9 Å². The predicted octanol–water partition coefficient (Wildman–Crippen LogP) is 3.07. The zero-order valence-electron chi connectivity index (χ0n) is 11.5. The number of aryl methyl sites for hydroxylation is 1. The lowest BCUT2D eigenvalue weighted by Crippen LogP contribution is -2.15. The van der Waals surface area contributed by atoms with Gasteiger partial charge < -0.3 is 10.1 Å². The highest BCUT2D eigenvalue weighted by molar-refractivity contribution is 7.09. The number of thiazole rings is 1. The quantitative estimate of drug-likeness (QED) is 0.878. The van der Waals surface area contributed by atoms with Gasteiger partial charge in [0.2, 0.25) is 5.91 Å². The second kappa shape index (κ2) is 6.69. The number of carbonyl (C=O) groups is 2. The van der Waals surface area contributed by atoms with Gasteiger partial charge >= 0.3 is 5.97 Å². The van der Waals surface area contributed by atoms with Crippen LogP contribution in [0.25, 0.3) is 0 Å². The predicted molar refractivity (Wildman–Crippen MR) is 82.0 cm³/mol. The lowest BCUT2D eigenvalue weighted by Gasteiger charge is -2.08. The summed E-state index contributed by atoms with van der Waals surface area (Å²) >= 11 is 7.45. The maximum Gasteiger partial charge on any atom is 0.337 e. The van der Waals surface area contributed by atoms with E-state index in [1.54, 1.807) is 11.6 Å². The summed E-state index contributed by atoms with van der Waals surface area (Å²) in [5, 5.41) is 3.05. The van der Waals surface area contributed by atoms with Crippen molar-refractivity contribution in [1.82, 2.24) is 4.98 Å². The Labute approximate surface area is 130 Å². The molecule has 2 rings (SSSR count). The summed E-state index contributed by atoms with van der Waals surface area (Å²) in [5.41, 5.74) is 3.24. The molecule has 1 heterocycles. The van der Waals surface area contributed by atoms with Gasteiger partial charge in [0.05, 0.1) is 41.0 Å². The van der Waals surface area contributed by atoms with E-state index in [2.05, 4.69) is 15.0 Å². The number of hydrogen-bond donors (Lipinski definition) is 1. The zero-order chi connectivity index (χ0) is 15.4. The van der Waals surface area contributed by atoms with Gasteiger partial charge in [-0.3, -0.25) is 4.79 Å². The number of methoxy groups -OCH3 is 1. The van der Waals surface area contributed by atoms with Crippen molar-refractivity contribution < 1.29 is 14.3 Å². The van der Waals surface area contributed by atoms with E-state index in [0.717, 1.165) is 10.6 Å². The molecule has 2 aromatic rings. The molecule has 0 saturated heterocycles. The van der Waals surface area contributed by atoms with Crippen LogP contribution < -0.4 is 5.32 Å². The number of nitrogens with one attached hydrogen (secondary N) is 1. The van der Waals surface area contributed by atoms with Crippen molar-refractivity contribution in [1.29, 1.82) is 0 Å². The topological polar surface area (TPSA) is 68.3 Å². The van der Waals surface area contributed by atoms with Crippen LogP contribution in [0.2, 0.25) is 5.02 Å². The van der Waals surface area contributed by atoms with Crippen molar-refractivity contribution in [2.24, 2.45) is 0 Å². The smallest absolute Gasteiger partial charge is 0.337 e. The molecule has 0 aliphatic carbocycles. The van der Waals surface area contributed by atoms with Crippen molar-refractivity contribution in [2.45, 2.75) is 13.3 Å². The zero-order valence-corrected chi connectivity index (χ0v) is 13.0. The maximum absolute atomic E-state index is 12.0. The first kappa shape index (κ1) is 15.5. The molecule has 21 heavy (non-hydrogen) atoms. The Morgan fingerprint density at radius 2 is 2.19 bits per heavy atom. The lowest BCUT2D eigenvalue weighted by atomic mass is 10.2. The van der Waals surface area contributed by atoms with E-state index in [-0.39, 0.29) is 12.3 Å². The van der Waals surface area contributed by atoms with Gasteiger partial charge in [0.1, 0.15) is 0 Å². The summed E-state index contributed by atoms with van der Waals surface area (Å²) < 4.78 is 4.64. The van der Waals surface area contributed by atoms with Crippen LogP contribution >= 0.6 is 22.9 Å². The minimum atomic E-state index is -0.486. The second-order valence-corrected chi connectivity index (χ2v) is 5.62. The average Bonchev–Trinajstić information content (AvgIpc) is 2.85. The molecule has 0 fully saturated rings. The molecule has 5 nitrogen and oxygen atoms in total. The van der Waals surface area contributed by atoms with Crippen molar-refractivity contribution in [2.75, 3.05) is 12.4 Å². The van der Waals surface area contributed by atoms with E-state index in [9.17, 15) is 9.59 Å². The van der Waals surface area contributed by atoms with E-state index < -0.39 is 5.97 Å². The Morgan fingerprint density at radius 1 is 1.43 bits per heavy atom. The molecular weight excluding hydrogens is 312 g/mol. The van der Waals surface area contributed by atoms with Crippen LogP contribution in [-0.2, 0) is 16.0 Å². The third kappa shape index (κ3) is 3.80. The summed E-state index contributed by atoms with van der Waals surface area (Å²) in [4.78, 5) is 28.5. The molecule has 0 atom stereocenters. The largest absolute Gasteiger partial charge is 0.465 e. The van der Waals surface area contributed by atoms with E-state index in [4.69, 9.17) is 11.6 Å². The highest BCUT2D eigenvalue weighted by Crippen LogP contribution is 2.24. The summed E-state index contributed by atoms with van der Waals surface area (Å²) in [6, 6.07) is 4.57. The highest BCUT2D eigenvalue weighted by atomic mass is 35.5. The molecule has 0 bridgehead atoms. The Bertz CT molecular complexity index is 685. The van der Waals surface area contributed by atoms with Crippen LogP contribution in [0.1, 0.15) is 20.9 Å². The maximum atomic E-state index is 12.0. The number of esters is 1. The number of amides is 1. The monoisotopic (exact) mass is 324 g/mol. The van der Waals surface area contributed by atoms with Crippen LogP contribution in [0, 0.1) is 6.92 Å². The number of anilines is 1. The minimum Gasteiger partial charge on any atom is -0.465 e. The number of halogens is 1. The fraction of sp³-hybridized carbons (Fsp3) is 0.214. The molecule has 0 aliphatic rings. The van der Waals surface area contributed by atoms with E-state index >= 15 is 0 Å². The Kier molecular flexibility index (Phi) is 4.93. The molecule has 0 aliphatic heterocycles. The number of hydrogen-bond acceptors (Lipinski definition) is 5. The molecule has 0 spiro atoms. The van der Waals surface area contributed by atoms with Gasteiger partial charge in [-0.2, -0.15) is 0 Å². The number of benzene rings is 1. The first-order valence-electron chi connectivity index (χ1n) is 6.08. The average molecular weight is 325 g/mol. The molecule has 7 heteroatoms. The van der Waals surface area contributed by atoms with Gasteiger partial charge in [0.25, 0.3) is 0 Å². The number of rotatable bonds is 4. The second-order valence-electron chi connectivity index (χ2n) is 4.27. The van der Waals surface area contributed by atoms with E-state index in [0.29, 0.717) is 16.3 Å². The van der Waals surface area contributed by atoms with Crippen LogP contribution in [0.5, 0.6) is 0 Å². The Balaban J connectivity index is 2.13. The number of carbonyl (C=O) groups excluding carboxylic acids is 2. The summed E-state index contributed by atoms with van der Waals surface area (Å²) in [7, 11) is 1.29. The van der Waals surface area contributed by atoms with Crippen LogP contribution in [0.4, 0.5) is 5.69 Å². The van der Waals surface area contributed by atoms with E-state index in [1.165, 1.54) is 30.6 Å². The molecule has 1 N–H and O–H groups in total. The standard InChI is InChI=1S/C14H13ClN2O3S/c1-8-12(21-7-16-8)6-13(18)17-11-5-9(14(19)20-2)3-4-10(11)15/h3-5,7H,6H2,1-2H3,(H,17,18).